The van der Waals surface area contributed by atoms with Gasteiger partial charge in [-0.05, 0) is 31.0 Å². The van der Waals surface area contributed by atoms with Crippen LogP contribution in [-0.4, -0.2) is 86.7 Å². The minimum absolute atomic E-state index is 0.0863. The number of carbonyl (C=O) groups is 1. The molecule has 4 atom stereocenters. The van der Waals surface area contributed by atoms with E-state index in [2.05, 4.69) is 63.1 Å². The van der Waals surface area contributed by atoms with Crippen LogP contribution in [0.15, 0.2) is 42.1 Å². The summed E-state index contributed by atoms with van der Waals surface area (Å²) in [4.78, 5) is 19.0. The van der Waals surface area contributed by atoms with Crippen LogP contribution >= 0.6 is 0 Å². The van der Waals surface area contributed by atoms with Crippen molar-refractivity contribution < 1.29 is 28.2 Å². The molecule has 4 heterocycles. The van der Waals surface area contributed by atoms with Crippen molar-refractivity contribution in [1.29, 1.82) is 0 Å². The first-order valence-corrected chi connectivity index (χ1v) is 14.8. The first-order valence-electron chi connectivity index (χ1n) is 14.8. The number of likely N-dealkylation sites (tertiary alicyclic amines) is 1. The van der Waals surface area contributed by atoms with E-state index in [0.717, 1.165) is 54.3 Å². The first kappa shape index (κ1) is 28.2. The molecule has 4 unspecified atom stereocenters. The molecule has 0 saturated carbocycles. The van der Waals surface area contributed by atoms with E-state index >= 15 is 0 Å². The van der Waals surface area contributed by atoms with Crippen molar-refractivity contribution in [2.75, 3.05) is 54.6 Å². The number of ether oxygens (including phenoxy) is 4. The predicted molar refractivity (Wildman–Crippen MR) is 157 cm³/mol. The summed E-state index contributed by atoms with van der Waals surface area (Å²) in [5, 5.41) is 0. The molecule has 4 aliphatic rings. The number of piperidine rings is 1. The summed E-state index contributed by atoms with van der Waals surface area (Å²) in [6.45, 7) is 9.93. The van der Waals surface area contributed by atoms with Gasteiger partial charge in [-0.2, -0.15) is 0 Å². The van der Waals surface area contributed by atoms with E-state index in [9.17, 15) is 4.79 Å². The molecule has 2 aromatic rings. The van der Waals surface area contributed by atoms with Crippen LogP contribution < -0.4 is 9.47 Å². The van der Waals surface area contributed by atoms with E-state index in [4.69, 9.17) is 18.9 Å². The van der Waals surface area contributed by atoms with Crippen LogP contribution in [0.4, 0.5) is 4.79 Å². The quantitative estimate of drug-likeness (QED) is 0.338. The highest BCUT2D eigenvalue weighted by atomic mass is 16.6. The molecular formula is C33H44N3O5+. The molecule has 0 bridgehead atoms. The zero-order chi connectivity index (χ0) is 29.1. The van der Waals surface area contributed by atoms with Crippen LogP contribution in [0.5, 0.6) is 11.5 Å². The fourth-order valence-electron chi connectivity index (χ4n) is 7.82. The van der Waals surface area contributed by atoms with E-state index in [0.29, 0.717) is 24.2 Å². The standard InChI is InChI=1S/C33H44N3O5/c1-21-14-22(2)16-24(15-21)30-31(41-30)34-10-8-33(9-11-34)28-17-23(3)29-25(18-26(39-6)19-27(29)40-7)20-35(28)32(37)36(33,4)12-13-38-5/h14-19,23,30-31H,8-13,20H2,1-7H3/q+1. The summed E-state index contributed by atoms with van der Waals surface area (Å²) < 4.78 is 23.5. The monoisotopic (exact) mass is 562 g/mol. The summed E-state index contributed by atoms with van der Waals surface area (Å²) in [5.74, 6) is 1.63. The van der Waals surface area contributed by atoms with Gasteiger partial charge in [0.1, 0.15) is 30.4 Å². The van der Waals surface area contributed by atoms with Gasteiger partial charge in [0.2, 0.25) is 0 Å². The Hall–Kier alpha value is -2.91. The Kier molecular flexibility index (Phi) is 7.17. The van der Waals surface area contributed by atoms with Gasteiger partial charge in [0.15, 0.2) is 5.54 Å². The van der Waals surface area contributed by atoms with Crippen molar-refractivity contribution >= 4 is 6.03 Å². The fourth-order valence-corrected chi connectivity index (χ4v) is 7.82. The maximum atomic E-state index is 14.4. The van der Waals surface area contributed by atoms with Crippen molar-refractivity contribution in [3.63, 3.8) is 0 Å². The SMILES string of the molecule is COCC[N+]1(C)C(=O)N2Cc3cc(OC)cc(OC)c3C(C)C=C2C12CCN(C1OC1c1cc(C)cc(C)c1)CC2. The molecule has 0 radical (unpaired) electrons. The Morgan fingerprint density at radius 1 is 1.02 bits per heavy atom. The third-order valence-electron chi connectivity index (χ3n) is 9.98. The van der Waals surface area contributed by atoms with Gasteiger partial charge in [0.25, 0.3) is 0 Å². The number of aryl methyl sites for hydroxylation is 2. The number of carbonyl (C=O) groups excluding carboxylic acids is 1. The molecule has 0 aromatic heterocycles. The maximum absolute atomic E-state index is 14.4. The van der Waals surface area contributed by atoms with Gasteiger partial charge in [-0.1, -0.05) is 42.3 Å². The molecule has 41 heavy (non-hydrogen) atoms. The van der Waals surface area contributed by atoms with Crippen molar-refractivity contribution in [1.82, 2.24) is 9.80 Å². The van der Waals surface area contributed by atoms with Crippen molar-refractivity contribution in [2.24, 2.45) is 0 Å². The third kappa shape index (κ3) is 4.47. The number of likely N-dealkylation sites (N-methyl/N-ethyl adjacent to an activating group) is 1. The Labute approximate surface area is 244 Å². The highest BCUT2D eigenvalue weighted by Crippen LogP contribution is 2.53. The molecule has 0 N–H and O–H groups in total. The lowest BCUT2D eigenvalue weighted by molar-refractivity contribution is -0.874. The number of nitrogens with zero attached hydrogens (tertiary/aromatic N) is 3. The minimum atomic E-state index is -0.329. The van der Waals surface area contributed by atoms with Gasteiger partial charge in [0.05, 0.1) is 40.1 Å². The molecule has 4 aliphatic heterocycles. The lowest BCUT2D eigenvalue weighted by atomic mass is 9.80. The molecule has 8 heteroatoms. The number of methoxy groups -OCH3 is 3. The molecule has 8 nitrogen and oxygen atoms in total. The lowest BCUT2D eigenvalue weighted by Crippen LogP contribution is -2.65. The molecule has 0 aliphatic carbocycles. The second-order valence-corrected chi connectivity index (χ2v) is 12.5. The molecular weight excluding hydrogens is 518 g/mol. The zero-order valence-corrected chi connectivity index (χ0v) is 25.5. The second-order valence-electron chi connectivity index (χ2n) is 12.5. The van der Waals surface area contributed by atoms with Crippen molar-refractivity contribution in [2.45, 2.75) is 63.9 Å². The van der Waals surface area contributed by atoms with Gasteiger partial charge in [0, 0.05) is 50.6 Å². The third-order valence-corrected chi connectivity index (χ3v) is 9.98. The zero-order valence-electron chi connectivity index (χ0n) is 25.5. The van der Waals surface area contributed by atoms with E-state index in [1.165, 1.54) is 16.7 Å². The van der Waals surface area contributed by atoms with Gasteiger partial charge in [-0.25, -0.2) is 9.28 Å². The van der Waals surface area contributed by atoms with Gasteiger partial charge >= 0.3 is 6.03 Å². The number of allylic oxidation sites excluding steroid dienone is 1. The Morgan fingerprint density at radius 2 is 1.73 bits per heavy atom. The molecule has 220 valence electrons. The number of quaternary nitrogens is 1. The predicted octanol–water partition coefficient (Wildman–Crippen LogP) is 5.28. The van der Waals surface area contributed by atoms with Crippen molar-refractivity contribution in [3.8, 4) is 11.5 Å². The Morgan fingerprint density at radius 3 is 2.37 bits per heavy atom. The lowest BCUT2D eigenvalue weighted by Gasteiger charge is -2.47. The summed E-state index contributed by atoms with van der Waals surface area (Å²) in [6, 6.07) is 10.8. The highest BCUT2D eigenvalue weighted by Gasteiger charge is 2.66. The van der Waals surface area contributed by atoms with Crippen LogP contribution in [0.25, 0.3) is 0 Å². The number of fused-ring (bicyclic) bond motifs is 3. The van der Waals surface area contributed by atoms with Crippen LogP contribution in [0.2, 0.25) is 0 Å². The number of epoxide rings is 1. The largest absolute Gasteiger partial charge is 0.497 e. The first-order chi connectivity index (χ1) is 19.7. The molecule has 3 saturated heterocycles. The number of hydrogen-bond donors (Lipinski definition) is 0. The average Bonchev–Trinajstić information content (AvgIpc) is 3.76. The van der Waals surface area contributed by atoms with Crippen LogP contribution in [-0.2, 0) is 16.0 Å². The fraction of sp³-hybridized carbons (Fsp3) is 0.545. The van der Waals surface area contributed by atoms with E-state index < -0.39 is 0 Å². The Balaban J connectivity index is 1.32. The van der Waals surface area contributed by atoms with Crippen LogP contribution in [0.3, 0.4) is 0 Å². The number of benzene rings is 2. The molecule has 6 rings (SSSR count). The Bertz CT molecular complexity index is 1360. The normalized spacial score (nSPS) is 28.7. The topological polar surface area (TPSA) is 63.8 Å². The second kappa shape index (κ2) is 10.4. The van der Waals surface area contributed by atoms with Crippen LogP contribution in [0.1, 0.15) is 59.6 Å². The summed E-state index contributed by atoms with van der Waals surface area (Å²) in [6.07, 6.45) is 4.31. The molecule has 3 fully saturated rings. The number of hydrogen-bond acceptors (Lipinski definition) is 6. The maximum Gasteiger partial charge on any atom is 0.424 e. The molecule has 2 amide bonds. The minimum Gasteiger partial charge on any atom is -0.497 e. The van der Waals surface area contributed by atoms with E-state index in [1.54, 1.807) is 21.3 Å². The summed E-state index contributed by atoms with van der Waals surface area (Å²) in [5.41, 5.74) is 6.82. The van der Waals surface area contributed by atoms with E-state index in [1.807, 2.05) is 11.0 Å². The number of rotatable bonds is 7. The molecule has 2 aromatic carbocycles. The van der Waals surface area contributed by atoms with Gasteiger partial charge in [-0.15, -0.1) is 0 Å². The molecule has 1 spiro atoms. The van der Waals surface area contributed by atoms with E-state index in [-0.39, 0.29) is 29.8 Å². The number of amides is 2. The average molecular weight is 563 g/mol. The summed E-state index contributed by atoms with van der Waals surface area (Å²) in [7, 11) is 7.21. The van der Waals surface area contributed by atoms with Gasteiger partial charge in [-0.3, -0.25) is 9.80 Å². The summed E-state index contributed by atoms with van der Waals surface area (Å²) >= 11 is 0. The van der Waals surface area contributed by atoms with Gasteiger partial charge < -0.3 is 18.9 Å². The number of urea groups is 1. The van der Waals surface area contributed by atoms with Crippen LogP contribution in [0, 0.1) is 13.8 Å². The van der Waals surface area contributed by atoms with Crippen molar-refractivity contribution in [3.05, 3.63) is 69.9 Å². The highest BCUT2D eigenvalue weighted by molar-refractivity contribution is 5.75. The smallest absolute Gasteiger partial charge is 0.424 e.